The monoisotopic (exact) mass is 365 g/mol. The average Bonchev–Trinajstić information content (AvgIpc) is 2.61. The van der Waals surface area contributed by atoms with Gasteiger partial charge in [-0.25, -0.2) is 4.98 Å². The van der Waals surface area contributed by atoms with E-state index in [0.29, 0.717) is 18.8 Å². The molecule has 0 bridgehead atoms. The van der Waals surface area contributed by atoms with Gasteiger partial charge in [0, 0.05) is 13.1 Å². The first-order chi connectivity index (χ1) is 12.4. The highest BCUT2D eigenvalue weighted by Gasteiger charge is 2.33. The molecule has 1 amide bonds. The molecule has 0 fully saturated rings. The predicted molar refractivity (Wildman–Crippen MR) is 95.4 cm³/mol. The van der Waals surface area contributed by atoms with Crippen molar-refractivity contribution in [3.05, 3.63) is 53.9 Å². The Morgan fingerprint density at radius 1 is 1.08 bits per heavy atom. The van der Waals surface area contributed by atoms with E-state index in [0.717, 1.165) is 18.9 Å². The minimum absolute atomic E-state index is 0.0560. The molecule has 0 atom stereocenters. The lowest BCUT2D eigenvalue weighted by atomic mass is 10.1. The standard InChI is InChI=1S/C19H22F3N3O/c1-3-11-25(12-4-2)18(26)17-10-9-14(13-23-17)24-16-8-6-5-7-15(16)19(20,21)22/h5-10,13,24H,3-4,11-12H2,1-2H3. The molecule has 1 aromatic carbocycles. The zero-order chi connectivity index (χ0) is 19.2. The van der Waals surface area contributed by atoms with Crippen molar-refractivity contribution in [1.82, 2.24) is 9.88 Å². The summed E-state index contributed by atoms with van der Waals surface area (Å²) in [5.41, 5.74) is -0.144. The van der Waals surface area contributed by atoms with Crippen molar-refractivity contribution in [2.75, 3.05) is 18.4 Å². The number of amides is 1. The summed E-state index contributed by atoms with van der Waals surface area (Å²) in [7, 11) is 0. The first-order valence-electron chi connectivity index (χ1n) is 8.55. The van der Waals surface area contributed by atoms with Crippen molar-refractivity contribution in [1.29, 1.82) is 0 Å². The minimum atomic E-state index is -4.45. The highest BCUT2D eigenvalue weighted by Crippen LogP contribution is 2.35. The van der Waals surface area contributed by atoms with Crippen LogP contribution in [0, 0.1) is 0 Å². The zero-order valence-corrected chi connectivity index (χ0v) is 14.8. The number of halogens is 3. The van der Waals surface area contributed by atoms with Gasteiger partial charge in [0.15, 0.2) is 0 Å². The molecule has 0 saturated carbocycles. The van der Waals surface area contributed by atoms with E-state index in [2.05, 4.69) is 10.3 Å². The van der Waals surface area contributed by atoms with Crippen molar-refractivity contribution >= 4 is 17.3 Å². The van der Waals surface area contributed by atoms with E-state index >= 15 is 0 Å². The number of carbonyl (C=O) groups excluding carboxylic acids is 1. The van der Waals surface area contributed by atoms with Gasteiger partial charge in [-0.05, 0) is 37.1 Å². The van der Waals surface area contributed by atoms with Gasteiger partial charge in [-0.2, -0.15) is 13.2 Å². The molecule has 140 valence electrons. The lowest BCUT2D eigenvalue weighted by Crippen LogP contribution is -2.33. The molecular formula is C19H22F3N3O. The van der Waals surface area contributed by atoms with Crippen LogP contribution in [0.1, 0.15) is 42.7 Å². The molecule has 0 spiro atoms. The summed E-state index contributed by atoms with van der Waals surface area (Å²) >= 11 is 0. The number of hydrogen-bond acceptors (Lipinski definition) is 3. The second-order valence-electron chi connectivity index (χ2n) is 5.89. The first-order valence-corrected chi connectivity index (χ1v) is 8.55. The highest BCUT2D eigenvalue weighted by molar-refractivity contribution is 5.92. The minimum Gasteiger partial charge on any atom is -0.354 e. The Morgan fingerprint density at radius 2 is 1.73 bits per heavy atom. The van der Waals surface area contributed by atoms with Crippen molar-refractivity contribution in [3.63, 3.8) is 0 Å². The zero-order valence-electron chi connectivity index (χ0n) is 14.8. The largest absolute Gasteiger partial charge is 0.418 e. The molecule has 0 aliphatic heterocycles. The van der Waals surface area contributed by atoms with Crippen LogP contribution in [-0.2, 0) is 6.18 Å². The SMILES string of the molecule is CCCN(CCC)C(=O)c1ccc(Nc2ccccc2C(F)(F)F)cn1. The van der Waals surface area contributed by atoms with Crippen LogP contribution < -0.4 is 5.32 Å². The van der Waals surface area contributed by atoms with Crippen LogP contribution in [0.2, 0.25) is 0 Å². The smallest absolute Gasteiger partial charge is 0.354 e. The van der Waals surface area contributed by atoms with Crippen LogP contribution in [0.5, 0.6) is 0 Å². The molecule has 0 saturated heterocycles. The third-order valence-electron chi connectivity index (χ3n) is 3.77. The van der Waals surface area contributed by atoms with Crippen molar-refractivity contribution in [2.45, 2.75) is 32.9 Å². The number of benzene rings is 1. The van der Waals surface area contributed by atoms with Gasteiger partial charge >= 0.3 is 6.18 Å². The molecule has 1 aromatic heterocycles. The summed E-state index contributed by atoms with van der Waals surface area (Å²) in [6, 6.07) is 8.32. The molecular weight excluding hydrogens is 343 g/mol. The predicted octanol–water partition coefficient (Wildman–Crippen LogP) is 5.11. The van der Waals surface area contributed by atoms with Crippen LogP contribution in [0.4, 0.5) is 24.5 Å². The summed E-state index contributed by atoms with van der Waals surface area (Å²) in [6.07, 6.45) is -1.39. The van der Waals surface area contributed by atoms with Crippen LogP contribution in [0.25, 0.3) is 0 Å². The summed E-state index contributed by atoms with van der Waals surface area (Å²) in [5, 5.41) is 2.72. The number of aromatic nitrogens is 1. The van der Waals surface area contributed by atoms with E-state index in [4.69, 9.17) is 0 Å². The molecule has 0 unspecified atom stereocenters. The van der Waals surface area contributed by atoms with Crippen molar-refractivity contribution < 1.29 is 18.0 Å². The van der Waals surface area contributed by atoms with Crippen LogP contribution in [-0.4, -0.2) is 28.9 Å². The van der Waals surface area contributed by atoms with E-state index in [1.165, 1.54) is 30.5 Å². The Kier molecular flexibility index (Phi) is 6.60. The summed E-state index contributed by atoms with van der Waals surface area (Å²) in [5.74, 6) is -0.170. The van der Waals surface area contributed by atoms with E-state index in [1.54, 1.807) is 11.0 Å². The second kappa shape index (κ2) is 8.69. The third kappa shape index (κ3) is 4.97. The maximum atomic E-state index is 13.0. The summed E-state index contributed by atoms with van der Waals surface area (Å²) in [6.45, 7) is 5.28. The number of pyridine rings is 1. The van der Waals surface area contributed by atoms with Crippen molar-refractivity contribution in [2.24, 2.45) is 0 Å². The van der Waals surface area contributed by atoms with Gasteiger partial charge in [0.1, 0.15) is 5.69 Å². The molecule has 26 heavy (non-hydrogen) atoms. The number of anilines is 2. The number of nitrogens with zero attached hydrogens (tertiary/aromatic N) is 2. The number of rotatable bonds is 7. The van der Waals surface area contributed by atoms with Gasteiger partial charge in [-0.1, -0.05) is 26.0 Å². The summed E-state index contributed by atoms with van der Waals surface area (Å²) < 4.78 is 39.1. The van der Waals surface area contributed by atoms with Crippen molar-refractivity contribution in [3.8, 4) is 0 Å². The molecule has 0 aliphatic carbocycles. The van der Waals surface area contributed by atoms with Crippen LogP contribution >= 0.6 is 0 Å². The fourth-order valence-corrected chi connectivity index (χ4v) is 2.61. The molecule has 1 heterocycles. The molecule has 2 rings (SSSR count). The highest BCUT2D eigenvalue weighted by atomic mass is 19.4. The van der Waals surface area contributed by atoms with E-state index in [1.807, 2.05) is 13.8 Å². The average molecular weight is 365 g/mol. The topological polar surface area (TPSA) is 45.2 Å². The van der Waals surface area contributed by atoms with Gasteiger partial charge in [0.2, 0.25) is 0 Å². The Bertz CT molecular complexity index is 724. The van der Waals surface area contributed by atoms with Gasteiger partial charge in [0.05, 0.1) is 23.1 Å². The van der Waals surface area contributed by atoms with E-state index in [9.17, 15) is 18.0 Å². The van der Waals surface area contributed by atoms with E-state index < -0.39 is 11.7 Å². The number of nitrogens with one attached hydrogen (secondary N) is 1. The van der Waals surface area contributed by atoms with Crippen LogP contribution in [0.15, 0.2) is 42.6 Å². The fraction of sp³-hybridized carbons (Fsp3) is 0.368. The summed E-state index contributed by atoms with van der Waals surface area (Å²) in [4.78, 5) is 18.3. The maximum absolute atomic E-state index is 13.0. The fourth-order valence-electron chi connectivity index (χ4n) is 2.61. The number of carbonyl (C=O) groups is 1. The third-order valence-corrected chi connectivity index (χ3v) is 3.77. The lowest BCUT2D eigenvalue weighted by Gasteiger charge is -2.21. The number of hydrogen-bond donors (Lipinski definition) is 1. The van der Waals surface area contributed by atoms with Gasteiger partial charge in [-0.3, -0.25) is 4.79 Å². The van der Waals surface area contributed by atoms with E-state index in [-0.39, 0.29) is 17.3 Å². The Morgan fingerprint density at radius 3 is 2.27 bits per heavy atom. The Labute approximate surface area is 151 Å². The molecule has 4 nitrogen and oxygen atoms in total. The Balaban J connectivity index is 2.17. The van der Waals surface area contributed by atoms with Gasteiger partial charge in [0.25, 0.3) is 5.91 Å². The quantitative estimate of drug-likeness (QED) is 0.742. The van der Waals surface area contributed by atoms with Crippen LogP contribution in [0.3, 0.4) is 0 Å². The first kappa shape index (κ1) is 19.8. The molecule has 0 radical (unpaired) electrons. The molecule has 0 aliphatic rings. The van der Waals surface area contributed by atoms with Gasteiger partial charge in [-0.15, -0.1) is 0 Å². The number of alkyl halides is 3. The molecule has 1 N–H and O–H groups in total. The van der Waals surface area contributed by atoms with Gasteiger partial charge < -0.3 is 10.2 Å². The Hall–Kier alpha value is -2.57. The molecule has 7 heteroatoms. The second-order valence-corrected chi connectivity index (χ2v) is 5.89. The normalized spacial score (nSPS) is 11.3. The maximum Gasteiger partial charge on any atom is 0.418 e. The number of para-hydroxylation sites is 1. The molecule has 2 aromatic rings. The lowest BCUT2D eigenvalue weighted by molar-refractivity contribution is -0.136.